The Morgan fingerprint density at radius 1 is 1.26 bits per heavy atom. The molecule has 4 rings (SSSR count). The van der Waals surface area contributed by atoms with E-state index in [1.165, 1.54) is 44.1 Å². The summed E-state index contributed by atoms with van der Waals surface area (Å²) in [5, 5.41) is 0. The molecule has 100 valence electrons. The number of fused-ring (bicyclic) bond motifs is 1. The van der Waals surface area contributed by atoms with Crippen LogP contribution in [0.1, 0.15) is 55.9 Å². The molecule has 2 aliphatic rings. The van der Waals surface area contributed by atoms with Crippen LogP contribution in [-0.4, -0.2) is 11.5 Å². The van der Waals surface area contributed by atoms with Gasteiger partial charge >= 0.3 is 0 Å². The van der Waals surface area contributed by atoms with Crippen molar-refractivity contribution in [2.45, 2.75) is 49.9 Å². The van der Waals surface area contributed by atoms with E-state index in [2.05, 4.69) is 23.2 Å². The highest BCUT2D eigenvalue weighted by Crippen LogP contribution is 2.43. The lowest BCUT2D eigenvalue weighted by Crippen LogP contribution is -2.31. The zero-order valence-corrected chi connectivity index (χ0v) is 11.2. The molecule has 1 aromatic heterocycles. The second-order valence-corrected chi connectivity index (χ2v) is 6.20. The largest absolute Gasteiger partial charge is 0.440 e. The van der Waals surface area contributed by atoms with E-state index in [-0.39, 0.29) is 5.41 Å². The topological polar surface area (TPSA) is 52.0 Å². The molecule has 0 unspecified atom stereocenters. The summed E-state index contributed by atoms with van der Waals surface area (Å²) in [6, 6.07) is 6.49. The Morgan fingerprint density at radius 3 is 2.74 bits per heavy atom. The van der Waals surface area contributed by atoms with Gasteiger partial charge < -0.3 is 10.2 Å². The van der Waals surface area contributed by atoms with Crippen molar-refractivity contribution in [3.63, 3.8) is 0 Å². The van der Waals surface area contributed by atoms with Crippen molar-refractivity contribution < 1.29 is 4.42 Å². The summed E-state index contributed by atoms with van der Waals surface area (Å²) in [6.45, 7) is 0.742. The molecule has 2 aliphatic carbocycles. The van der Waals surface area contributed by atoms with Crippen molar-refractivity contribution in [1.29, 1.82) is 0 Å². The number of aromatic nitrogens is 1. The highest BCUT2D eigenvalue weighted by Gasteiger charge is 2.35. The number of rotatable bonds is 3. The van der Waals surface area contributed by atoms with Crippen LogP contribution in [0.25, 0.3) is 11.1 Å². The van der Waals surface area contributed by atoms with Gasteiger partial charge in [-0.2, -0.15) is 0 Å². The van der Waals surface area contributed by atoms with Crippen molar-refractivity contribution >= 4 is 11.1 Å². The van der Waals surface area contributed by atoms with Crippen LogP contribution in [0.5, 0.6) is 0 Å². The molecule has 3 heteroatoms. The summed E-state index contributed by atoms with van der Waals surface area (Å²) in [5.74, 6) is 1.51. The smallest absolute Gasteiger partial charge is 0.198 e. The van der Waals surface area contributed by atoms with Crippen LogP contribution in [0.4, 0.5) is 0 Å². The summed E-state index contributed by atoms with van der Waals surface area (Å²) in [5.41, 5.74) is 9.55. The number of nitrogens with zero attached hydrogens (tertiary/aromatic N) is 1. The molecule has 3 nitrogen and oxygen atoms in total. The molecule has 0 saturated heterocycles. The first-order valence-corrected chi connectivity index (χ1v) is 7.42. The van der Waals surface area contributed by atoms with Gasteiger partial charge in [-0.05, 0) is 43.4 Å². The summed E-state index contributed by atoms with van der Waals surface area (Å²) in [4.78, 5) is 4.66. The van der Waals surface area contributed by atoms with E-state index in [9.17, 15) is 0 Å². The zero-order chi connectivity index (χ0) is 12.9. The normalized spacial score (nSPS) is 22.2. The number of benzene rings is 1. The van der Waals surface area contributed by atoms with Gasteiger partial charge in [-0.25, -0.2) is 4.98 Å². The van der Waals surface area contributed by atoms with Gasteiger partial charge in [0.1, 0.15) is 5.52 Å². The number of nitrogens with two attached hydrogens (primary N) is 1. The van der Waals surface area contributed by atoms with E-state index in [4.69, 9.17) is 10.2 Å². The lowest BCUT2D eigenvalue weighted by molar-refractivity contribution is 0.453. The summed E-state index contributed by atoms with van der Waals surface area (Å²) in [7, 11) is 0. The van der Waals surface area contributed by atoms with Crippen LogP contribution < -0.4 is 5.73 Å². The molecule has 2 aromatic rings. The van der Waals surface area contributed by atoms with Gasteiger partial charge in [0.05, 0.1) is 0 Å². The van der Waals surface area contributed by atoms with Crippen molar-refractivity contribution in [2.24, 2.45) is 5.73 Å². The minimum Gasteiger partial charge on any atom is -0.440 e. The maximum Gasteiger partial charge on any atom is 0.198 e. The van der Waals surface area contributed by atoms with Crippen LogP contribution >= 0.6 is 0 Å². The molecule has 0 bridgehead atoms. The molecule has 0 amide bonds. The Kier molecular flexibility index (Phi) is 2.46. The average Bonchev–Trinajstić information content (AvgIpc) is 3.03. The molecule has 1 aromatic carbocycles. The molecule has 2 fully saturated rings. The van der Waals surface area contributed by atoms with Crippen LogP contribution in [0, 0.1) is 0 Å². The Hall–Kier alpha value is -1.35. The Labute approximate surface area is 113 Å². The Balaban J connectivity index is 1.77. The molecule has 2 saturated carbocycles. The van der Waals surface area contributed by atoms with E-state index in [0.717, 1.165) is 23.5 Å². The number of hydrogen-bond acceptors (Lipinski definition) is 3. The molecular weight excluding hydrogens is 236 g/mol. The second kappa shape index (κ2) is 4.07. The third-order valence-corrected chi connectivity index (χ3v) is 4.89. The van der Waals surface area contributed by atoms with Gasteiger partial charge in [0.25, 0.3) is 0 Å². The Morgan fingerprint density at radius 2 is 2.05 bits per heavy atom. The number of oxazole rings is 1. The Bertz CT molecular complexity index is 606. The number of hydrogen-bond donors (Lipinski definition) is 1. The standard InChI is InChI=1S/C16H20N2O/c17-10-16(7-1-2-8-16)12-5-6-14-13(9-12)18-15(19-14)11-3-4-11/h5-6,9,11H,1-4,7-8,10,17H2. The van der Waals surface area contributed by atoms with Gasteiger partial charge in [-0.3, -0.25) is 0 Å². The highest BCUT2D eigenvalue weighted by atomic mass is 16.3. The highest BCUT2D eigenvalue weighted by molar-refractivity contribution is 5.74. The van der Waals surface area contributed by atoms with Crippen LogP contribution in [-0.2, 0) is 5.41 Å². The minimum absolute atomic E-state index is 0.187. The quantitative estimate of drug-likeness (QED) is 0.914. The van der Waals surface area contributed by atoms with Gasteiger partial charge in [-0.1, -0.05) is 18.9 Å². The van der Waals surface area contributed by atoms with E-state index in [1.807, 2.05) is 0 Å². The maximum absolute atomic E-state index is 6.06. The fourth-order valence-corrected chi connectivity index (χ4v) is 3.44. The molecule has 0 spiro atoms. The summed E-state index contributed by atoms with van der Waals surface area (Å²) < 4.78 is 5.83. The van der Waals surface area contributed by atoms with Crippen LogP contribution in [0.2, 0.25) is 0 Å². The predicted octanol–water partition coefficient (Wildman–Crippen LogP) is 3.48. The van der Waals surface area contributed by atoms with E-state index < -0.39 is 0 Å². The molecule has 0 aliphatic heterocycles. The van der Waals surface area contributed by atoms with Gasteiger partial charge in [0.15, 0.2) is 11.5 Å². The first kappa shape index (κ1) is 11.5. The van der Waals surface area contributed by atoms with E-state index in [1.54, 1.807) is 0 Å². The summed E-state index contributed by atoms with van der Waals surface area (Å²) in [6.07, 6.45) is 7.46. The van der Waals surface area contributed by atoms with Crippen LogP contribution in [0.3, 0.4) is 0 Å². The fourth-order valence-electron chi connectivity index (χ4n) is 3.44. The molecule has 1 heterocycles. The van der Waals surface area contributed by atoms with Crippen molar-refractivity contribution in [2.75, 3.05) is 6.54 Å². The first-order chi connectivity index (χ1) is 9.31. The van der Waals surface area contributed by atoms with Crippen LogP contribution in [0.15, 0.2) is 22.6 Å². The van der Waals surface area contributed by atoms with Crippen molar-refractivity contribution in [3.8, 4) is 0 Å². The van der Waals surface area contributed by atoms with Crippen molar-refractivity contribution in [3.05, 3.63) is 29.7 Å². The van der Waals surface area contributed by atoms with Gasteiger partial charge in [0, 0.05) is 17.9 Å². The molecule has 0 radical (unpaired) electrons. The van der Waals surface area contributed by atoms with Gasteiger partial charge in [-0.15, -0.1) is 0 Å². The third kappa shape index (κ3) is 1.79. The monoisotopic (exact) mass is 256 g/mol. The summed E-state index contributed by atoms with van der Waals surface area (Å²) >= 11 is 0. The molecular formula is C16H20N2O. The fraction of sp³-hybridized carbons (Fsp3) is 0.562. The second-order valence-electron chi connectivity index (χ2n) is 6.20. The minimum atomic E-state index is 0.187. The lowest BCUT2D eigenvalue weighted by Gasteiger charge is -2.27. The zero-order valence-electron chi connectivity index (χ0n) is 11.2. The molecule has 2 N–H and O–H groups in total. The predicted molar refractivity (Wildman–Crippen MR) is 75.2 cm³/mol. The third-order valence-electron chi connectivity index (χ3n) is 4.89. The maximum atomic E-state index is 6.06. The lowest BCUT2D eigenvalue weighted by atomic mass is 9.79. The van der Waals surface area contributed by atoms with E-state index >= 15 is 0 Å². The molecule has 0 atom stereocenters. The van der Waals surface area contributed by atoms with E-state index in [0.29, 0.717) is 5.92 Å². The average molecular weight is 256 g/mol. The van der Waals surface area contributed by atoms with Gasteiger partial charge in [0.2, 0.25) is 0 Å². The first-order valence-electron chi connectivity index (χ1n) is 7.42. The SMILES string of the molecule is NCC1(c2ccc3oc(C4CC4)nc3c2)CCCC1. The van der Waals surface area contributed by atoms with Crippen molar-refractivity contribution in [1.82, 2.24) is 4.98 Å². The molecule has 19 heavy (non-hydrogen) atoms.